The topological polar surface area (TPSA) is 50.3 Å². The monoisotopic (exact) mass is 330 g/mol. The lowest BCUT2D eigenvalue weighted by Gasteiger charge is -2.17. The highest BCUT2D eigenvalue weighted by molar-refractivity contribution is 7.89. The molecule has 0 aliphatic heterocycles. The van der Waals surface area contributed by atoms with Crippen molar-refractivity contribution in [3.63, 3.8) is 0 Å². The molecule has 0 N–H and O–H groups in total. The van der Waals surface area contributed by atoms with E-state index < -0.39 is 10.0 Å². The smallest absolute Gasteiger partial charge is 0.244 e. The molecule has 0 unspecified atom stereocenters. The molecule has 0 aliphatic rings. The third-order valence-corrected chi connectivity index (χ3v) is 6.21. The number of aryl methyl sites for hydroxylation is 1. The van der Waals surface area contributed by atoms with Crippen molar-refractivity contribution in [2.45, 2.75) is 24.2 Å². The Labute approximate surface area is 128 Å². The van der Waals surface area contributed by atoms with Crippen molar-refractivity contribution in [2.75, 3.05) is 7.05 Å². The Kier molecular flexibility index (Phi) is 4.80. The van der Waals surface area contributed by atoms with Gasteiger partial charge in [0.25, 0.3) is 0 Å². The number of hydrogen-bond acceptors (Lipinski definition) is 4. The predicted molar refractivity (Wildman–Crippen MR) is 81.5 cm³/mol. The van der Waals surface area contributed by atoms with Gasteiger partial charge in [0.05, 0.1) is 23.0 Å². The first-order chi connectivity index (χ1) is 9.45. The second-order valence-electron chi connectivity index (χ2n) is 4.37. The molecular formula is C13H15ClN2O2S2. The van der Waals surface area contributed by atoms with Crippen molar-refractivity contribution in [3.05, 3.63) is 45.9 Å². The minimum Gasteiger partial charge on any atom is -0.257 e. The summed E-state index contributed by atoms with van der Waals surface area (Å²) in [4.78, 5) is 5.27. The maximum absolute atomic E-state index is 12.5. The molecule has 0 bridgehead atoms. The summed E-state index contributed by atoms with van der Waals surface area (Å²) in [6, 6.07) is 7.16. The van der Waals surface area contributed by atoms with Crippen LogP contribution in [0.4, 0.5) is 0 Å². The number of thiophene rings is 1. The van der Waals surface area contributed by atoms with Gasteiger partial charge in [0.15, 0.2) is 0 Å². The maximum Gasteiger partial charge on any atom is 0.244 e. The number of alkyl halides is 1. The lowest BCUT2D eigenvalue weighted by atomic mass is 10.3. The van der Waals surface area contributed by atoms with Gasteiger partial charge in [-0.3, -0.25) is 4.98 Å². The molecule has 0 aromatic carbocycles. The van der Waals surface area contributed by atoms with Gasteiger partial charge in [0, 0.05) is 17.6 Å². The van der Waals surface area contributed by atoms with Crippen molar-refractivity contribution in [1.82, 2.24) is 9.29 Å². The fourth-order valence-electron chi connectivity index (χ4n) is 1.82. The van der Waals surface area contributed by atoms with Gasteiger partial charge >= 0.3 is 0 Å². The van der Waals surface area contributed by atoms with Crippen molar-refractivity contribution < 1.29 is 8.42 Å². The van der Waals surface area contributed by atoms with E-state index in [1.807, 2.05) is 25.1 Å². The number of halogens is 1. The molecular weight excluding hydrogens is 316 g/mol. The van der Waals surface area contributed by atoms with Gasteiger partial charge < -0.3 is 0 Å². The molecule has 0 amide bonds. The van der Waals surface area contributed by atoms with Crippen LogP contribution in [-0.2, 0) is 22.4 Å². The van der Waals surface area contributed by atoms with Crippen LogP contribution >= 0.6 is 22.9 Å². The Hall–Kier alpha value is -0.950. The third-order valence-electron chi connectivity index (χ3n) is 2.84. The largest absolute Gasteiger partial charge is 0.257 e. The minimum absolute atomic E-state index is 0.197. The van der Waals surface area contributed by atoms with E-state index in [9.17, 15) is 8.42 Å². The van der Waals surface area contributed by atoms with Crippen LogP contribution in [0.25, 0.3) is 0 Å². The van der Waals surface area contributed by atoms with E-state index in [1.54, 1.807) is 18.5 Å². The number of pyridine rings is 1. The van der Waals surface area contributed by atoms with E-state index >= 15 is 0 Å². The summed E-state index contributed by atoms with van der Waals surface area (Å²) in [5, 5.41) is 1.74. The highest BCUT2D eigenvalue weighted by Gasteiger charge is 2.24. The van der Waals surface area contributed by atoms with Gasteiger partial charge in [0.2, 0.25) is 10.0 Å². The van der Waals surface area contributed by atoms with Crippen LogP contribution in [-0.4, -0.2) is 24.8 Å². The SMILES string of the molecule is Cc1cccc(CN(C)S(=O)(=O)c2ccsc2CCl)n1. The number of hydrogen-bond donors (Lipinski definition) is 0. The zero-order valence-corrected chi connectivity index (χ0v) is 13.6. The summed E-state index contributed by atoms with van der Waals surface area (Å²) in [6.45, 7) is 2.12. The predicted octanol–water partition coefficient (Wildman–Crippen LogP) is 3.01. The molecule has 20 heavy (non-hydrogen) atoms. The molecule has 0 saturated heterocycles. The molecule has 4 nitrogen and oxygen atoms in total. The quantitative estimate of drug-likeness (QED) is 0.792. The van der Waals surface area contributed by atoms with Gasteiger partial charge in [-0.1, -0.05) is 6.07 Å². The van der Waals surface area contributed by atoms with E-state index in [1.165, 1.54) is 15.6 Å². The zero-order valence-electron chi connectivity index (χ0n) is 11.2. The number of rotatable bonds is 5. The molecule has 108 valence electrons. The van der Waals surface area contributed by atoms with Crippen LogP contribution in [0.2, 0.25) is 0 Å². The van der Waals surface area contributed by atoms with Crippen molar-refractivity contribution in [1.29, 1.82) is 0 Å². The summed E-state index contributed by atoms with van der Waals surface area (Å²) in [5.41, 5.74) is 1.59. The Morgan fingerprint density at radius 3 is 2.75 bits per heavy atom. The van der Waals surface area contributed by atoms with Crippen LogP contribution < -0.4 is 0 Å². The average Bonchev–Trinajstić information content (AvgIpc) is 2.87. The van der Waals surface area contributed by atoms with Crippen LogP contribution in [0.3, 0.4) is 0 Å². The molecule has 2 rings (SSSR count). The lowest BCUT2D eigenvalue weighted by Crippen LogP contribution is -2.27. The Bertz CT molecular complexity index is 698. The van der Waals surface area contributed by atoms with E-state index in [0.717, 1.165) is 11.4 Å². The highest BCUT2D eigenvalue weighted by atomic mass is 35.5. The van der Waals surface area contributed by atoms with E-state index in [-0.39, 0.29) is 17.3 Å². The fraction of sp³-hybridized carbons (Fsp3) is 0.308. The average molecular weight is 331 g/mol. The Morgan fingerprint density at radius 2 is 2.10 bits per heavy atom. The number of aromatic nitrogens is 1. The van der Waals surface area contributed by atoms with Crippen molar-refractivity contribution >= 4 is 33.0 Å². The molecule has 0 aliphatic carbocycles. The van der Waals surface area contributed by atoms with Gasteiger partial charge in [0.1, 0.15) is 0 Å². The highest BCUT2D eigenvalue weighted by Crippen LogP contribution is 2.26. The Balaban J connectivity index is 2.26. The fourth-order valence-corrected chi connectivity index (χ4v) is 4.64. The maximum atomic E-state index is 12.5. The molecule has 0 radical (unpaired) electrons. The summed E-state index contributed by atoms with van der Waals surface area (Å²) in [5.74, 6) is 0.197. The molecule has 2 aromatic rings. The van der Waals surface area contributed by atoms with Crippen molar-refractivity contribution in [3.8, 4) is 0 Å². The van der Waals surface area contributed by atoms with Crippen molar-refractivity contribution in [2.24, 2.45) is 0 Å². The summed E-state index contributed by atoms with van der Waals surface area (Å²) in [6.07, 6.45) is 0. The minimum atomic E-state index is -3.53. The van der Waals surface area contributed by atoms with Crippen LogP contribution in [0.1, 0.15) is 16.3 Å². The normalized spacial score (nSPS) is 12.0. The molecule has 0 saturated carbocycles. The molecule has 0 atom stereocenters. The summed E-state index contributed by atoms with van der Waals surface area (Å²) in [7, 11) is -1.98. The van der Waals surface area contributed by atoms with Gasteiger partial charge in [-0.25, -0.2) is 8.42 Å². The first-order valence-electron chi connectivity index (χ1n) is 5.96. The lowest BCUT2D eigenvalue weighted by molar-refractivity contribution is 0.461. The first-order valence-corrected chi connectivity index (χ1v) is 8.82. The number of nitrogens with zero attached hydrogens (tertiary/aromatic N) is 2. The van der Waals surface area contributed by atoms with Crippen LogP contribution in [0.5, 0.6) is 0 Å². The second-order valence-corrected chi connectivity index (χ2v) is 7.65. The first kappa shape index (κ1) is 15.4. The van der Waals surface area contributed by atoms with Crippen LogP contribution in [0.15, 0.2) is 34.5 Å². The third kappa shape index (κ3) is 3.20. The standard InChI is InChI=1S/C13H15ClN2O2S2/c1-10-4-3-5-11(15-10)9-16(2)20(17,18)13-6-7-19-12(13)8-14/h3-7H,8-9H2,1-2H3. The molecule has 2 heterocycles. The second kappa shape index (κ2) is 6.22. The van der Waals surface area contributed by atoms with E-state index in [2.05, 4.69) is 4.98 Å². The van der Waals surface area contributed by atoms with E-state index in [0.29, 0.717) is 4.88 Å². The zero-order chi connectivity index (χ0) is 14.8. The summed E-state index contributed by atoms with van der Waals surface area (Å²) >= 11 is 7.13. The number of sulfonamides is 1. The van der Waals surface area contributed by atoms with Crippen LogP contribution in [0, 0.1) is 6.92 Å². The van der Waals surface area contributed by atoms with Gasteiger partial charge in [-0.15, -0.1) is 22.9 Å². The van der Waals surface area contributed by atoms with Gasteiger partial charge in [-0.2, -0.15) is 4.31 Å². The molecule has 7 heteroatoms. The van der Waals surface area contributed by atoms with E-state index in [4.69, 9.17) is 11.6 Å². The molecule has 2 aromatic heterocycles. The van der Waals surface area contributed by atoms with Gasteiger partial charge in [-0.05, 0) is 30.5 Å². The Morgan fingerprint density at radius 1 is 1.35 bits per heavy atom. The summed E-state index contributed by atoms with van der Waals surface area (Å²) < 4.78 is 26.3. The molecule has 0 spiro atoms. The molecule has 0 fully saturated rings.